The average Bonchev–Trinajstić information content (AvgIpc) is 2.65. The molecule has 1 aliphatic carbocycles. The zero-order chi connectivity index (χ0) is 14.4. The van der Waals surface area contributed by atoms with Crippen molar-refractivity contribution in [3.63, 3.8) is 0 Å². The predicted octanol–water partition coefficient (Wildman–Crippen LogP) is 5.23. The molecular weight excluding hydrogens is 249 g/mol. The van der Waals surface area contributed by atoms with E-state index in [0.29, 0.717) is 6.04 Å². The Morgan fingerprint density at radius 3 is 2.85 bits per heavy atom. The quantitative estimate of drug-likeness (QED) is 0.727. The van der Waals surface area contributed by atoms with Crippen molar-refractivity contribution in [2.45, 2.75) is 70.9 Å². The van der Waals surface area contributed by atoms with Crippen molar-refractivity contribution in [3.8, 4) is 0 Å². The molecule has 2 heteroatoms. The van der Waals surface area contributed by atoms with E-state index in [1.165, 1.54) is 51.0 Å². The summed E-state index contributed by atoms with van der Waals surface area (Å²) in [6, 6.07) is 7.80. The molecule has 1 saturated carbocycles. The van der Waals surface area contributed by atoms with E-state index >= 15 is 0 Å². The zero-order valence-corrected chi connectivity index (χ0v) is 12.9. The van der Waals surface area contributed by atoms with Crippen molar-refractivity contribution in [1.29, 1.82) is 0 Å². The van der Waals surface area contributed by atoms with Crippen molar-refractivity contribution >= 4 is 0 Å². The minimum Gasteiger partial charge on any atom is -0.307 e. The highest BCUT2D eigenvalue weighted by molar-refractivity contribution is 5.19. The van der Waals surface area contributed by atoms with E-state index in [9.17, 15) is 4.39 Å². The molecule has 0 saturated heterocycles. The zero-order valence-electron chi connectivity index (χ0n) is 12.9. The second-order valence-corrected chi connectivity index (χ2v) is 6.30. The van der Waals surface area contributed by atoms with Gasteiger partial charge in [-0.3, -0.25) is 0 Å². The van der Waals surface area contributed by atoms with E-state index in [1.54, 1.807) is 12.1 Å². The van der Waals surface area contributed by atoms with Crippen LogP contribution in [-0.4, -0.2) is 6.04 Å². The largest absolute Gasteiger partial charge is 0.307 e. The molecule has 1 nitrogen and oxygen atoms in total. The molecule has 0 aromatic heterocycles. The SMILES string of the molecule is CCCC1CCCC(N[C@@H](C)c2cccc(F)c2)CC1. The van der Waals surface area contributed by atoms with Gasteiger partial charge in [0.1, 0.15) is 5.82 Å². The first-order valence-corrected chi connectivity index (χ1v) is 8.20. The lowest BCUT2D eigenvalue weighted by Gasteiger charge is -2.22. The molecule has 1 aromatic rings. The van der Waals surface area contributed by atoms with Crippen LogP contribution in [0, 0.1) is 11.7 Å². The van der Waals surface area contributed by atoms with Crippen LogP contribution in [0.2, 0.25) is 0 Å². The van der Waals surface area contributed by atoms with Crippen molar-refractivity contribution in [2.24, 2.45) is 5.92 Å². The third-order valence-corrected chi connectivity index (χ3v) is 4.62. The molecule has 1 fully saturated rings. The number of halogens is 1. The summed E-state index contributed by atoms with van der Waals surface area (Å²) in [4.78, 5) is 0. The molecule has 112 valence electrons. The molecule has 0 heterocycles. The maximum atomic E-state index is 13.3. The number of hydrogen-bond acceptors (Lipinski definition) is 1. The molecule has 2 rings (SSSR count). The third kappa shape index (κ3) is 4.59. The molecule has 1 N–H and O–H groups in total. The third-order valence-electron chi connectivity index (χ3n) is 4.62. The van der Waals surface area contributed by atoms with Crippen LogP contribution in [0.4, 0.5) is 4.39 Å². The van der Waals surface area contributed by atoms with E-state index in [4.69, 9.17) is 0 Å². The number of rotatable bonds is 5. The van der Waals surface area contributed by atoms with Gasteiger partial charge in [0.25, 0.3) is 0 Å². The van der Waals surface area contributed by atoms with Crippen molar-refractivity contribution in [1.82, 2.24) is 5.32 Å². The molecular formula is C18H28FN. The molecule has 20 heavy (non-hydrogen) atoms. The predicted molar refractivity (Wildman–Crippen MR) is 83.2 cm³/mol. The fourth-order valence-corrected chi connectivity index (χ4v) is 3.47. The van der Waals surface area contributed by atoms with E-state index in [0.717, 1.165) is 11.5 Å². The Bertz CT molecular complexity index is 404. The first-order chi connectivity index (χ1) is 9.69. The van der Waals surface area contributed by atoms with E-state index in [1.807, 2.05) is 6.07 Å². The van der Waals surface area contributed by atoms with Crippen molar-refractivity contribution in [3.05, 3.63) is 35.6 Å². The lowest BCUT2D eigenvalue weighted by Crippen LogP contribution is -2.31. The van der Waals surface area contributed by atoms with E-state index in [2.05, 4.69) is 19.2 Å². The van der Waals surface area contributed by atoms with Gasteiger partial charge in [-0.15, -0.1) is 0 Å². The van der Waals surface area contributed by atoms with Gasteiger partial charge < -0.3 is 5.32 Å². The lowest BCUT2D eigenvalue weighted by molar-refractivity contribution is 0.392. The molecule has 1 aliphatic rings. The fourth-order valence-electron chi connectivity index (χ4n) is 3.47. The van der Waals surface area contributed by atoms with Crippen LogP contribution in [0.15, 0.2) is 24.3 Å². The summed E-state index contributed by atoms with van der Waals surface area (Å²) in [5.74, 6) is 0.788. The van der Waals surface area contributed by atoms with Crippen LogP contribution < -0.4 is 5.32 Å². The summed E-state index contributed by atoms with van der Waals surface area (Å²) in [7, 11) is 0. The van der Waals surface area contributed by atoms with Gasteiger partial charge in [-0.1, -0.05) is 44.7 Å². The van der Waals surface area contributed by atoms with Gasteiger partial charge in [0, 0.05) is 12.1 Å². The second kappa shape index (κ2) is 7.78. The Labute approximate surface area is 123 Å². The Kier molecular flexibility index (Phi) is 6.03. The summed E-state index contributed by atoms with van der Waals surface area (Å²) >= 11 is 0. The van der Waals surface area contributed by atoms with Gasteiger partial charge in [0.2, 0.25) is 0 Å². The first kappa shape index (κ1) is 15.5. The summed E-state index contributed by atoms with van der Waals surface area (Å²) in [5, 5.41) is 3.70. The average molecular weight is 277 g/mol. The Morgan fingerprint density at radius 1 is 1.25 bits per heavy atom. The molecule has 0 bridgehead atoms. The molecule has 1 aromatic carbocycles. The Hall–Kier alpha value is -0.890. The van der Waals surface area contributed by atoms with Crippen LogP contribution in [0.1, 0.15) is 70.4 Å². The number of hydrogen-bond donors (Lipinski definition) is 1. The van der Waals surface area contributed by atoms with Gasteiger partial charge in [0.15, 0.2) is 0 Å². The smallest absolute Gasteiger partial charge is 0.123 e. The summed E-state index contributed by atoms with van der Waals surface area (Å²) in [5.41, 5.74) is 1.05. The van der Waals surface area contributed by atoms with Gasteiger partial charge in [-0.25, -0.2) is 4.39 Å². The summed E-state index contributed by atoms with van der Waals surface area (Å²) < 4.78 is 13.3. The minimum absolute atomic E-state index is 0.139. The molecule has 0 spiro atoms. The van der Waals surface area contributed by atoms with Crippen LogP contribution >= 0.6 is 0 Å². The van der Waals surface area contributed by atoms with Crippen molar-refractivity contribution < 1.29 is 4.39 Å². The molecule has 3 atom stereocenters. The number of nitrogens with one attached hydrogen (secondary N) is 1. The standard InChI is InChI=1S/C18H28FN/c1-3-6-15-7-4-10-18(12-11-15)20-14(2)16-8-5-9-17(19)13-16/h5,8-9,13-15,18,20H,3-4,6-7,10-12H2,1-2H3/t14-,15?,18?/m0/s1. The molecule has 2 unspecified atom stereocenters. The highest BCUT2D eigenvalue weighted by Crippen LogP contribution is 2.28. The van der Waals surface area contributed by atoms with Crippen molar-refractivity contribution in [2.75, 3.05) is 0 Å². The Morgan fingerprint density at radius 2 is 2.10 bits per heavy atom. The Balaban J connectivity index is 1.86. The van der Waals surface area contributed by atoms with Gasteiger partial charge in [0.05, 0.1) is 0 Å². The maximum Gasteiger partial charge on any atom is 0.123 e. The van der Waals surface area contributed by atoms with Crippen LogP contribution in [0.5, 0.6) is 0 Å². The van der Waals surface area contributed by atoms with Crippen LogP contribution in [0.25, 0.3) is 0 Å². The second-order valence-electron chi connectivity index (χ2n) is 6.30. The highest BCUT2D eigenvalue weighted by atomic mass is 19.1. The van der Waals surface area contributed by atoms with Crippen LogP contribution in [-0.2, 0) is 0 Å². The summed E-state index contributed by atoms with van der Waals surface area (Å²) in [6.45, 7) is 4.43. The monoisotopic (exact) mass is 277 g/mol. The first-order valence-electron chi connectivity index (χ1n) is 8.20. The van der Waals surface area contributed by atoms with E-state index in [-0.39, 0.29) is 11.9 Å². The van der Waals surface area contributed by atoms with Gasteiger partial charge in [-0.2, -0.15) is 0 Å². The molecule has 0 radical (unpaired) electrons. The topological polar surface area (TPSA) is 12.0 Å². The minimum atomic E-state index is -0.139. The lowest BCUT2D eigenvalue weighted by atomic mass is 9.95. The molecule has 0 amide bonds. The van der Waals surface area contributed by atoms with Gasteiger partial charge >= 0.3 is 0 Å². The normalized spacial score (nSPS) is 25.1. The summed E-state index contributed by atoms with van der Waals surface area (Å²) in [6.07, 6.45) is 9.29. The molecule has 0 aliphatic heterocycles. The highest BCUT2D eigenvalue weighted by Gasteiger charge is 2.20. The number of benzene rings is 1. The van der Waals surface area contributed by atoms with Gasteiger partial charge in [-0.05, 0) is 49.8 Å². The maximum absolute atomic E-state index is 13.3. The fraction of sp³-hybridized carbons (Fsp3) is 0.667. The van der Waals surface area contributed by atoms with E-state index < -0.39 is 0 Å². The van der Waals surface area contributed by atoms with Crippen LogP contribution in [0.3, 0.4) is 0 Å².